The fourth-order valence-electron chi connectivity index (χ4n) is 2.71. The Morgan fingerprint density at radius 3 is 2.60 bits per heavy atom. The molecule has 0 spiro atoms. The maximum absolute atomic E-state index is 12.5. The highest BCUT2D eigenvalue weighted by molar-refractivity contribution is 5.94. The number of nitriles is 2. The number of rotatable bonds is 7. The Morgan fingerprint density at radius 1 is 1.00 bits per heavy atom. The van der Waals surface area contributed by atoms with Gasteiger partial charge in [0.05, 0.1) is 17.2 Å². The third-order valence-electron chi connectivity index (χ3n) is 4.24. The Morgan fingerprint density at radius 2 is 1.80 bits per heavy atom. The Labute approximate surface area is 174 Å². The molecule has 1 atom stereocenters. The topological polar surface area (TPSA) is 95.1 Å². The third-order valence-corrected chi connectivity index (χ3v) is 4.24. The van der Waals surface area contributed by atoms with Gasteiger partial charge in [-0.15, -0.1) is 0 Å². The number of carbonyl (C=O) groups is 1. The summed E-state index contributed by atoms with van der Waals surface area (Å²) in [4.78, 5) is 12.5. The van der Waals surface area contributed by atoms with Gasteiger partial charge in [0.15, 0.2) is 6.10 Å². The third kappa shape index (κ3) is 5.37. The maximum Gasteiger partial charge on any atom is 0.265 e. The van der Waals surface area contributed by atoms with Crippen LogP contribution in [0.2, 0.25) is 0 Å². The van der Waals surface area contributed by atoms with Crippen molar-refractivity contribution >= 4 is 11.6 Å². The predicted molar refractivity (Wildman–Crippen MR) is 112 cm³/mol. The van der Waals surface area contributed by atoms with E-state index in [0.717, 1.165) is 5.56 Å². The minimum Gasteiger partial charge on any atom is -0.489 e. The zero-order valence-corrected chi connectivity index (χ0v) is 16.3. The number of nitrogens with one attached hydrogen (secondary N) is 1. The highest BCUT2D eigenvalue weighted by Gasteiger charge is 2.16. The molecule has 30 heavy (non-hydrogen) atoms. The molecule has 0 saturated carbocycles. The minimum absolute atomic E-state index is 0.303. The summed E-state index contributed by atoms with van der Waals surface area (Å²) in [6, 6.07) is 25.1. The molecule has 0 aliphatic carbocycles. The summed E-state index contributed by atoms with van der Waals surface area (Å²) in [5.74, 6) is 0.597. The number of benzene rings is 3. The van der Waals surface area contributed by atoms with Crippen molar-refractivity contribution in [2.45, 2.75) is 19.6 Å². The van der Waals surface area contributed by atoms with Crippen molar-refractivity contribution < 1.29 is 14.3 Å². The van der Waals surface area contributed by atoms with Crippen molar-refractivity contribution in [2.75, 3.05) is 5.32 Å². The van der Waals surface area contributed by atoms with Gasteiger partial charge in [-0.1, -0.05) is 30.3 Å². The van der Waals surface area contributed by atoms with Crippen molar-refractivity contribution in [3.63, 3.8) is 0 Å². The van der Waals surface area contributed by atoms with Crippen molar-refractivity contribution in [1.29, 1.82) is 10.5 Å². The molecule has 3 aromatic rings. The molecular formula is C24H19N3O3. The summed E-state index contributed by atoms with van der Waals surface area (Å²) in [5.41, 5.74) is 2.38. The minimum atomic E-state index is -0.794. The molecule has 3 rings (SSSR count). The lowest BCUT2D eigenvalue weighted by molar-refractivity contribution is -0.122. The lowest BCUT2D eigenvalue weighted by Crippen LogP contribution is -2.30. The second-order valence-electron chi connectivity index (χ2n) is 6.49. The van der Waals surface area contributed by atoms with Gasteiger partial charge < -0.3 is 14.8 Å². The summed E-state index contributed by atoms with van der Waals surface area (Å²) >= 11 is 0. The van der Waals surface area contributed by atoms with Gasteiger partial charge in [-0.3, -0.25) is 4.79 Å². The molecule has 0 bridgehead atoms. The van der Waals surface area contributed by atoms with Gasteiger partial charge in [0.1, 0.15) is 24.2 Å². The van der Waals surface area contributed by atoms with Gasteiger partial charge in [-0.25, -0.2) is 0 Å². The van der Waals surface area contributed by atoms with E-state index in [1.807, 2.05) is 12.1 Å². The van der Waals surface area contributed by atoms with Crippen LogP contribution >= 0.6 is 0 Å². The number of amides is 1. The second kappa shape index (κ2) is 9.77. The Balaban J connectivity index is 1.60. The van der Waals surface area contributed by atoms with Gasteiger partial charge in [0.25, 0.3) is 5.91 Å². The van der Waals surface area contributed by atoms with Crippen LogP contribution < -0.4 is 14.8 Å². The van der Waals surface area contributed by atoms with Crippen molar-refractivity contribution in [3.05, 3.63) is 89.5 Å². The number of nitrogens with zero attached hydrogens (tertiary/aromatic N) is 2. The molecule has 1 N–H and O–H groups in total. The summed E-state index contributed by atoms with van der Waals surface area (Å²) in [7, 11) is 0. The lowest BCUT2D eigenvalue weighted by Gasteiger charge is -2.16. The summed E-state index contributed by atoms with van der Waals surface area (Å²) in [6.07, 6.45) is -0.794. The fraction of sp³-hybridized carbons (Fsp3) is 0.125. The first-order chi connectivity index (χ1) is 14.6. The van der Waals surface area contributed by atoms with E-state index in [1.165, 1.54) is 0 Å². The van der Waals surface area contributed by atoms with Crippen molar-refractivity contribution in [2.24, 2.45) is 0 Å². The van der Waals surface area contributed by atoms with Gasteiger partial charge in [0.2, 0.25) is 0 Å². The van der Waals surface area contributed by atoms with E-state index >= 15 is 0 Å². The molecule has 1 amide bonds. The first-order valence-electron chi connectivity index (χ1n) is 9.27. The van der Waals surface area contributed by atoms with E-state index in [9.17, 15) is 4.79 Å². The number of ether oxygens (including phenoxy) is 2. The second-order valence-corrected chi connectivity index (χ2v) is 6.49. The first-order valence-corrected chi connectivity index (χ1v) is 9.27. The number of hydrogen-bond acceptors (Lipinski definition) is 5. The molecule has 0 aromatic heterocycles. The van der Waals surface area contributed by atoms with E-state index in [0.29, 0.717) is 34.9 Å². The van der Waals surface area contributed by atoms with Crippen molar-refractivity contribution in [1.82, 2.24) is 0 Å². The van der Waals surface area contributed by atoms with E-state index in [2.05, 4.69) is 11.4 Å². The number of para-hydroxylation sites is 1. The van der Waals surface area contributed by atoms with Crippen LogP contribution in [0, 0.1) is 22.7 Å². The average Bonchev–Trinajstić information content (AvgIpc) is 2.78. The number of hydrogen-bond donors (Lipinski definition) is 1. The lowest BCUT2D eigenvalue weighted by atomic mass is 10.1. The normalized spacial score (nSPS) is 10.9. The van der Waals surface area contributed by atoms with Gasteiger partial charge in [0, 0.05) is 11.8 Å². The van der Waals surface area contributed by atoms with E-state index in [1.54, 1.807) is 73.7 Å². The maximum atomic E-state index is 12.5. The van der Waals surface area contributed by atoms with Crippen LogP contribution in [-0.4, -0.2) is 12.0 Å². The molecule has 0 saturated heterocycles. The number of carbonyl (C=O) groups excluding carboxylic acids is 1. The first kappa shape index (κ1) is 20.4. The molecule has 0 aliphatic heterocycles. The fourth-order valence-corrected chi connectivity index (χ4v) is 2.71. The van der Waals surface area contributed by atoms with Gasteiger partial charge >= 0.3 is 0 Å². The Hall–Kier alpha value is -4.29. The standard InChI is InChI=1S/C24H19N3O3/c1-17(30-23-11-3-2-8-20(23)15-26)24(28)27-21-9-5-10-22(13-21)29-16-19-7-4-6-18(12-19)14-25/h2-13,17H,16H2,1H3,(H,27,28). The van der Waals surface area contributed by atoms with Gasteiger partial charge in [-0.05, 0) is 48.9 Å². The Bertz CT molecular complexity index is 1130. The van der Waals surface area contributed by atoms with E-state index in [4.69, 9.17) is 20.0 Å². The average molecular weight is 397 g/mol. The zero-order chi connectivity index (χ0) is 21.3. The molecule has 0 heterocycles. The molecule has 6 nitrogen and oxygen atoms in total. The van der Waals surface area contributed by atoms with Crippen LogP contribution in [0.25, 0.3) is 0 Å². The van der Waals surface area contributed by atoms with Crippen LogP contribution in [0.5, 0.6) is 11.5 Å². The monoisotopic (exact) mass is 397 g/mol. The molecule has 0 radical (unpaired) electrons. The SMILES string of the molecule is CC(Oc1ccccc1C#N)C(=O)Nc1cccc(OCc2cccc(C#N)c2)c1. The van der Waals surface area contributed by atoms with Crippen molar-refractivity contribution in [3.8, 4) is 23.6 Å². The molecule has 3 aromatic carbocycles. The van der Waals surface area contributed by atoms with Crippen LogP contribution in [0.1, 0.15) is 23.6 Å². The molecule has 0 aliphatic rings. The number of anilines is 1. The summed E-state index contributed by atoms with van der Waals surface area (Å²) in [6.45, 7) is 1.92. The predicted octanol–water partition coefficient (Wildman–Crippen LogP) is 4.41. The molecule has 148 valence electrons. The van der Waals surface area contributed by atoms with Crippen LogP contribution in [0.3, 0.4) is 0 Å². The molecular weight excluding hydrogens is 378 g/mol. The smallest absolute Gasteiger partial charge is 0.265 e. The molecule has 1 unspecified atom stereocenters. The van der Waals surface area contributed by atoms with E-state index in [-0.39, 0.29) is 5.91 Å². The van der Waals surface area contributed by atoms with Crippen LogP contribution in [0.15, 0.2) is 72.8 Å². The summed E-state index contributed by atoms with van der Waals surface area (Å²) < 4.78 is 11.4. The summed E-state index contributed by atoms with van der Waals surface area (Å²) in [5, 5.41) is 20.9. The zero-order valence-electron chi connectivity index (χ0n) is 16.3. The van der Waals surface area contributed by atoms with E-state index < -0.39 is 6.10 Å². The molecule has 6 heteroatoms. The van der Waals surface area contributed by atoms with Crippen LogP contribution in [0.4, 0.5) is 5.69 Å². The van der Waals surface area contributed by atoms with Gasteiger partial charge in [-0.2, -0.15) is 10.5 Å². The highest BCUT2D eigenvalue weighted by Crippen LogP contribution is 2.21. The Kier molecular flexibility index (Phi) is 6.66. The van der Waals surface area contributed by atoms with Crippen LogP contribution in [-0.2, 0) is 11.4 Å². The quantitative estimate of drug-likeness (QED) is 0.637. The molecule has 0 fully saturated rings. The largest absolute Gasteiger partial charge is 0.489 e. The highest BCUT2D eigenvalue weighted by atomic mass is 16.5.